The zero-order chi connectivity index (χ0) is 19.2. The van der Waals surface area contributed by atoms with Gasteiger partial charge in [0.25, 0.3) is 0 Å². The van der Waals surface area contributed by atoms with E-state index in [1.54, 1.807) is 0 Å². The molecular weight excluding hydrogens is 336 g/mol. The second kappa shape index (κ2) is 9.49. The molecule has 148 valence electrons. The summed E-state index contributed by atoms with van der Waals surface area (Å²) in [6.45, 7) is 10.4. The summed E-state index contributed by atoms with van der Waals surface area (Å²) < 4.78 is 1.93. The molecule has 1 N–H and O–H groups in total. The first kappa shape index (κ1) is 20.1. The van der Waals surface area contributed by atoms with Gasteiger partial charge in [-0.15, -0.1) is 0 Å². The molecule has 0 aliphatic carbocycles. The average molecular weight is 371 g/mol. The Morgan fingerprint density at radius 3 is 2.52 bits per heavy atom. The number of likely N-dealkylation sites (tertiary alicyclic amines) is 1. The van der Waals surface area contributed by atoms with Gasteiger partial charge in [0.2, 0.25) is 0 Å². The maximum atomic E-state index is 9.18. The third-order valence-corrected chi connectivity index (χ3v) is 5.80. The highest BCUT2D eigenvalue weighted by Crippen LogP contribution is 2.21. The number of nitrogens with zero attached hydrogens (tertiary/aromatic N) is 4. The summed E-state index contributed by atoms with van der Waals surface area (Å²) in [4.78, 5) is 5.02. The molecule has 0 amide bonds. The van der Waals surface area contributed by atoms with Crippen molar-refractivity contribution < 1.29 is 5.11 Å². The molecule has 0 bridgehead atoms. The number of aromatic nitrogens is 2. The maximum Gasteiger partial charge on any atom is 0.0644 e. The standard InChI is InChI=1S/C22H34N4O/c1-18-22(19(2)26(23-18)13-14-27)17-24(3)15-21-9-11-25(12-10-21)16-20-7-5-4-6-8-20/h4-8,21,27H,9-17H2,1-3H3. The molecule has 2 aromatic rings. The van der Waals surface area contributed by atoms with E-state index in [1.807, 2.05) is 4.68 Å². The van der Waals surface area contributed by atoms with Crippen LogP contribution in [0.1, 0.15) is 35.4 Å². The monoisotopic (exact) mass is 370 g/mol. The minimum absolute atomic E-state index is 0.138. The molecule has 1 aliphatic heterocycles. The zero-order valence-corrected chi connectivity index (χ0v) is 17.1. The van der Waals surface area contributed by atoms with Crippen LogP contribution in [0.15, 0.2) is 30.3 Å². The van der Waals surface area contributed by atoms with Crippen molar-refractivity contribution in [2.75, 3.05) is 33.3 Å². The maximum absolute atomic E-state index is 9.18. The highest BCUT2D eigenvalue weighted by atomic mass is 16.3. The van der Waals surface area contributed by atoms with Gasteiger partial charge in [0, 0.05) is 30.9 Å². The van der Waals surface area contributed by atoms with Gasteiger partial charge in [0.1, 0.15) is 0 Å². The lowest BCUT2D eigenvalue weighted by Gasteiger charge is -2.34. The predicted molar refractivity (Wildman–Crippen MR) is 110 cm³/mol. The molecule has 0 saturated carbocycles. The minimum atomic E-state index is 0.138. The van der Waals surface area contributed by atoms with Crippen LogP contribution in [-0.2, 0) is 19.6 Å². The molecule has 5 nitrogen and oxygen atoms in total. The highest BCUT2D eigenvalue weighted by molar-refractivity contribution is 5.24. The van der Waals surface area contributed by atoms with E-state index in [9.17, 15) is 5.11 Å². The first-order valence-electron chi connectivity index (χ1n) is 10.2. The van der Waals surface area contributed by atoms with Gasteiger partial charge in [-0.05, 0) is 58.3 Å². The molecule has 5 heteroatoms. The Morgan fingerprint density at radius 2 is 1.85 bits per heavy atom. The zero-order valence-electron chi connectivity index (χ0n) is 17.1. The predicted octanol–water partition coefficient (Wildman–Crippen LogP) is 2.84. The normalized spacial score (nSPS) is 16.3. The second-order valence-electron chi connectivity index (χ2n) is 8.00. The van der Waals surface area contributed by atoms with Crippen LogP contribution < -0.4 is 0 Å². The lowest BCUT2D eigenvalue weighted by atomic mass is 9.95. The van der Waals surface area contributed by atoms with Crippen LogP contribution in [0.2, 0.25) is 0 Å². The topological polar surface area (TPSA) is 44.5 Å². The molecule has 27 heavy (non-hydrogen) atoms. The molecular formula is C22H34N4O. The number of aliphatic hydroxyl groups excluding tert-OH is 1. The third kappa shape index (κ3) is 5.41. The van der Waals surface area contributed by atoms with E-state index < -0.39 is 0 Å². The van der Waals surface area contributed by atoms with E-state index in [4.69, 9.17) is 0 Å². The molecule has 3 rings (SSSR count). The van der Waals surface area contributed by atoms with Crippen molar-refractivity contribution in [2.24, 2.45) is 5.92 Å². The van der Waals surface area contributed by atoms with Gasteiger partial charge < -0.3 is 10.0 Å². The molecule has 0 atom stereocenters. The van der Waals surface area contributed by atoms with Crippen molar-refractivity contribution in [1.82, 2.24) is 19.6 Å². The van der Waals surface area contributed by atoms with E-state index in [-0.39, 0.29) is 6.61 Å². The van der Waals surface area contributed by atoms with Gasteiger partial charge in [-0.1, -0.05) is 30.3 Å². The quantitative estimate of drug-likeness (QED) is 0.776. The first-order chi connectivity index (χ1) is 13.1. The molecule has 2 heterocycles. The third-order valence-electron chi connectivity index (χ3n) is 5.80. The summed E-state index contributed by atoms with van der Waals surface area (Å²) >= 11 is 0. The molecule has 1 aromatic heterocycles. The average Bonchev–Trinajstić information content (AvgIpc) is 2.92. The lowest BCUT2D eigenvalue weighted by molar-refractivity contribution is 0.147. The van der Waals surface area contributed by atoms with Crippen molar-refractivity contribution in [3.8, 4) is 0 Å². The number of aryl methyl sites for hydroxylation is 1. The number of rotatable bonds is 8. The van der Waals surface area contributed by atoms with Gasteiger partial charge in [0.05, 0.1) is 18.8 Å². The van der Waals surface area contributed by atoms with Gasteiger partial charge in [-0.25, -0.2) is 0 Å². The highest BCUT2D eigenvalue weighted by Gasteiger charge is 2.21. The van der Waals surface area contributed by atoms with E-state index in [0.717, 1.165) is 31.2 Å². The van der Waals surface area contributed by atoms with Gasteiger partial charge in [-0.3, -0.25) is 9.58 Å². The minimum Gasteiger partial charge on any atom is -0.394 e. The fraction of sp³-hybridized carbons (Fsp3) is 0.591. The number of piperidine rings is 1. The number of hydrogen-bond donors (Lipinski definition) is 1. The Kier molecular flexibility index (Phi) is 7.05. The van der Waals surface area contributed by atoms with Crippen molar-refractivity contribution in [3.63, 3.8) is 0 Å². The summed E-state index contributed by atoms with van der Waals surface area (Å²) in [5.41, 5.74) is 5.00. The van der Waals surface area contributed by atoms with Crippen molar-refractivity contribution >= 4 is 0 Å². The number of benzene rings is 1. The van der Waals surface area contributed by atoms with Crippen LogP contribution in [0.3, 0.4) is 0 Å². The van der Waals surface area contributed by atoms with Gasteiger partial charge >= 0.3 is 0 Å². The Balaban J connectivity index is 1.46. The van der Waals surface area contributed by atoms with Gasteiger partial charge in [0.15, 0.2) is 0 Å². The first-order valence-corrected chi connectivity index (χ1v) is 10.2. The molecule has 1 aromatic carbocycles. The molecule has 0 unspecified atom stereocenters. The summed E-state index contributed by atoms with van der Waals surface area (Å²) in [5, 5.41) is 13.8. The Bertz CT molecular complexity index is 705. The van der Waals surface area contributed by atoms with Crippen molar-refractivity contribution in [2.45, 2.75) is 46.3 Å². The van der Waals surface area contributed by atoms with E-state index in [2.05, 4.69) is 66.1 Å². The molecule has 0 radical (unpaired) electrons. The SMILES string of the molecule is Cc1nn(CCO)c(C)c1CN(C)CC1CCN(Cc2ccccc2)CC1. The fourth-order valence-corrected chi connectivity index (χ4v) is 4.22. The molecule has 1 fully saturated rings. The summed E-state index contributed by atoms with van der Waals surface area (Å²) in [6.07, 6.45) is 2.55. The number of aliphatic hydroxyl groups is 1. The Morgan fingerprint density at radius 1 is 1.15 bits per heavy atom. The summed E-state index contributed by atoms with van der Waals surface area (Å²) in [5.74, 6) is 0.773. The fourth-order valence-electron chi connectivity index (χ4n) is 4.22. The second-order valence-corrected chi connectivity index (χ2v) is 8.00. The summed E-state index contributed by atoms with van der Waals surface area (Å²) in [7, 11) is 2.22. The van der Waals surface area contributed by atoms with Gasteiger partial charge in [-0.2, -0.15) is 5.10 Å². The number of hydrogen-bond acceptors (Lipinski definition) is 4. The van der Waals surface area contributed by atoms with Crippen molar-refractivity contribution in [3.05, 3.63) is 52.8 Å². The van der Waals surface area contributed by atoms with Crippen LogP contribution in [0, 0.1) is 19.8 Å². The molecule has 0 spiro atoms. The molecule has 1 aliphatic rings. The lowest BCUT2D eigenvalue weighted by Crippen LogP contribution is -2.37. The Labute approximate surface area is 163 Å². The van der Waals surface area contributed by atoms with E-state index >= 15 is 0 Å². The van der Waals surface area contributed by atoms with E-state index in [1.165, 1.54) is 42.8 Å². The smallest absolute Gasteiger partial charge is 0.0644 e. The Hall–Kier alpha value is -1.69. The largest absolute Gasteiger partial charge is 0.394 e. The van der Waals surface area contributed by atoms with Crippen LogP contribution >= 0.6 is 0 Å². The van der Waals surface area contributed by atoms with Crippen LogP contribution in [0.4, 0.5) is 0 Å². The summed E-state index contributed by atoms with van der Waals surface area (Å²) in [6, 6.07) is 10.8. The van der Waals surface area contributed by atoms with Crippen LogP contribution in [0.25, 0.3) is 0 Å². The van der Waals surface area contributed by atoms with Crippen molar-refractivity contribution in [1.29, 1.82) is 0 Å². The molecule has 1 saturated heterocycles. The van der Waals surface area contributed by atoms with E-state index in [0.29, 0.717) is 6.54 Å². The van der Waals surface area contributed by atoms with Crippen LogP contribution in [0.5, 0.6) is 0 Å². The van der Waals surface area contributed by atoms with Crippen LogP contribution in [-0.4, -0.2) is 58.0 Å².